The minimum atomic E-state index is 0.159. The van der Waals surface area contributed by atoms with Crippen LogP contribution in [0.15, 0.2) is 41.7 Å². The van der Waals surface area contributed by atoms with Crippen LogP contribution in [-0.4, -0.2) is 88.3 Å². The number of imidazole rings is 1. The third-order valence-corrected chi connectivity index (χ3v) is 7.34. The molecule has 2 fully saturated rings. The summed E-state index contributed by atoms with van der Waals surface area (Å²) in [5.41, 5.74) is 1.97. The van der Waals surface area contributed by atoms with Gasteiger partial charge in [0.15, 0.2) is 0 Å². The van der Waals surface area contributed by atoms with Gasteiger partial charge in [0.05, 0.1) is 19.6 Å². The van der Waals surface area contributed by atoms with Crippen LogP contribution < -0.4 is 5.32 Å². The summed E-state index contributed by atoms with van der Waals surface area (Å²) in [6, 6.07) is 8.89. The third-order valence-electron chi connectivity index (χ3n) is 7.34. The van der Waals surface area contributed by atoms with Crippen LogP contribution in [0.1, 0.15) is 53.8 Å². The van der Waals surface area contributed by atoms with Crippen LogP contribution in [0, 0.1) is 0 Å². The van der Waals surface area contributed by atoms with Crippen molar-refractivity contribution in [2.45, 2.75) is 51.2 Å². The highest BCUT2D eigenvalue weighted by molar-refractivity contribution is 5.94. The second-order valence-electron chi connectivity index (χ2n) is 9.75. The lowest BCUT2D eigenvalue weighted by molar-refractivity contribution is 0.0523. The molecular weight excluding hydrogens is 426 g/mol. The SMILES string of the molecule is O=C(c1ccc(CN(CC2=NCCN2)Cc2ncc[nH]2)cc1)N1CCN(C2CCCCC2)CC1. The highest BCUT2D eigenvalue weighted by Crippen LogP contribution is 2.24. The number of benzene rings is 1. The maximum absolute atomic E-state index is 13.1. The molecule has 182 valence electrons. The molecule has 3 aliphatic rings. The molecule has 2 N–H and O–H groups in total. The van der Waals surface area contributed by atoms with Gasteiger partial charge < -0.3 is 15.2 Å². The summed E-state index contributed by atoms with van der Waals surface area (Å²) < 4.78 is 0. The van der Waals surface area contributed by atoms with E-state index >= 15 is 0 Å². The zero-order valence-electron chi connectivity index (χ0n) is 20.1. The number of amides is 1. The van der Waals surface area contributed by atoms with Crippen molar-refractivity contribution in [2.24, 2.45) is 4.99 Å². The fraction of sp³-hybridized carbons (Fsp3) is 0.577. The van der Waals surface area contributed by atoms with Gasteiger partial charge >= 0.3 is 0 Å². The molecule has 1 aliphatic carbocycles. The van der Waals surface area contributed by atoms with Gasteiger partial charge in [0, 0.05) is 63.3 Å². The van der Waals surface area contributed by atoms with Crippen LogP contribution in [0.4, 0.5) is 0 Å². The molecule has 2 aliphatic heterocycles. The molecule has 5 rings (SSSR count). The van der Waals surface area contributed by atoms with Crippen molar-refractivity contribution in [3.63, 3.8) is 0 Å². The predicted octanol–water partition coefficient (Wildman–Crippen LogP) is 2.50. The monoisotopic (exact) mass is 463 g/mol. The number of nitrogens with zero attached hydrogens (tertiary/aromatic N) is 5. The van der Waals surface area contributed by atoms with E-state index < -0.39 is 0 Å². The van der Waals surface area contributed by atoms with Crippen molar-refractivity contribution in [1.82, 2.24) is 30.0 Å². The molecule has 1 aromatic carbocycles. The summed E-state index contributed by atoms with van der Waals surface area (Å²) >= 11 is 0. The van der Waals surface area contributed by atoms with Gasteiger partial charge in [-0.25, -0.2) is 4.98 Å². The number of hydrogen-bond donors (Lipinski definition) is 2. The first-order chi connectivity index (χ1) is 16.7. The maximum atomic E-state index is 13.1. The van der Waals surface area contributed by atoms with Gasteiger partial charge in [-0.1, -0.05) is 31.4 Å². The van der Waals surface area contributed by atoms with Gasteiger partial charge in [0.1, 0.15) is 11.7 Å². The lowest BCUT2D eigenvalue weighted by Gasteiger charge is -2.40. The van der Waals surface area contributed by atoms with E-state index in [1.807, 2.05) is 23.2 Å². The number of piperazine rings is 1. The van der Waals surface area contributed by atoms with Crippen LogP contribution >= 0.6 is 0 Å². The smallest absolute Gasteiger partial charge is 0.253 e. The van der Waals surface area contributed by atoms with Gasteiger partial charge in [-0.05, 0) is 30.5 Å². The van der Waals surface area contributed by atoms with E-state index in [-0.39, 0.29) is 5.91 Å². The summed E-state index contributed by atoms with van der Waals surface area (Å²) in [5.74, 6) is 2.13. The van der Waals surface area contributed by atoms with Gasteiger partial charge in [0.2, 0.25) is 0 Å². The molecule has 34 heavy (non-hydrogen) atoms. The third kappa shape index (κ3) is 5.85. The molecule has 0 spiro atoms. The van der Waals surface area contributed by atoms with Gasteiger partial charge in [-0.3, -0.25) is 19.6 Å². The normalized spacial score (nSPS) is 19.9. The van der Waals surface area contributed by atoms with Gasteiger partial charge in [-0.2, -0.15) is 0 Å². The predicted molar refractivity (Wildman–Crippen MR) is 134 cm³/mol. The maximum Gasteiger partial charge on any atom is 0.253 e. The molecule has 1 saturated carbocycles. The average Bonchev–Trinajstić information content (AvgIpc) is 3.59. The van der Waals surface area contributed by atoms with E-state index in [0.29, 0.717) is 0 Å². The first-order valence-corrected chi connectivity index (χ1v) is 12.8. The summed E-state index contributed by atoms with van der Waals surface area (Å²) in [7, 11) is 0. The summed E-state index contributed by atoms with van der Waals surface area (Å²) in [4.78, 5) is 32.2. The lowest BCUT2D eigenvalue weighted by atomic mass is 9.94. The van der Waals surface area contributed by atoms with Crippen LogP contribution in [-0.2, 0) is 13.1 Å². The quantitative estimate of drug-likeness (QED) is 0.629. The fourth-order valence-electron chi connectivity index (χ4n) is 5.46. The first kappa shape index (κ1) is 23.1. The molecule has 0 unspecified atom stereocenters. The Morgan fingerprint density at radius 2 is 1.79 bits per heavy atom. The van der Waals surface area contributed by atoms with Crippen molar-refractivity contribution < 1.29 is 4.79 Å². The Morgan fingerprint density at radius 3 is 2.47 bits per heavy atom. The Bertz CT molecular complexity index is 942. The number of aromatic nitrogens is 2. The molecule has 8 heteroatoms. The van der Waals surface area contributed by atoms with Gasteiger partial charge in [-0.15, -0.1) is 0 Å². The van der Waals surface area contributed by atoms with E-state index in [4.69, 9.17) is 0 Å². The minimum Gasteiger partial charge on any atom is -0.371 e. The first-order valence-electron chi connectivity index (χ1n) is 12.8. The van der Waals surface area contributed by atoms with Crippen molar-refractivity contribution in [3.8, 4) is 0 Å². The van der Waals surface area contributed by atoms with Crippen molar-refractivity contribution in [2.75, 3.05) is 45.8 Å². The number of aliphatic imine (C=N–C) groups is 1. The van der Waals surface area contributed by atoms with Crippen LogP contribution in [0.25, 0.3) is 0 Å². The number of nitrogens with one attached hydrogen (secondary N) is 2. The number of amidine groups is 1. The van der Waals surface area contributed by atoms with E-state index in [0.717, 1.165) is 82.2 Å². The summed E-state index contributed by atoms with van der Waals surface area (Å²) in [6.45, 7) is 7.70. The van der Waals surface area contributed by atoms with E-state index in [1.165, 1.54) is 37.7 Å². The second kappa shape index (κ2) is 11.1. The molecule has 1 aromatic heterocycles. The zero-order chi connectivity index (χ0) is 23.2. The number of carbonyl (C=O) groups excluding carboxylic acids is 1. The minimum absolute atomic E-state index is 0.159. The Labute approximate surface area is 202 Å². The Balaban J connectivity index is 1.16. The van der Waals surface area contributed by atoms with Crippen molar-refractivity contribution in [3.05, 3.63) is 53.6 Å². The van der Waals surface area contributed by atoms with E-state index in [2.05, 4.69) is 42.2 Å². The van der Waals surface area contributed by atoms with E-state index in [9.17, 15) is 4.79 Å². The average molecular weight is 464 g/mol. The molecule has 1 amide bonds. The Hall–Kier alpha value is -2.71. The number of carbonyl (C=O) groups is 1. The molecule has 1 saturated heterocycles. The largest absolute Gasteiger partial charge is 0.371 e. The molecular formula is C26H37N7O. The van der Waals surface area contributed by atoms with Crippen molar-refractivity contribution in [1.29, 1.82) is 0 Å². The fourth-order valence-corrected chi connectivity index (χ4v) is 5.46. The lowest BCUT2D eigenvalue weighted by Crippen LogP contribution is -2.52. The Kier molecular flexibility index (Phi) is 7.56. The Morgan fingerprint density at radius 1 is 1.00 bits per heavy atom. The summed E-state index contributed by atoms with van der Waals surface area (Å²) in [6.07, 6.45) is 10.4. The van der Waals surface area contributed by atoms with Gasteiger partial charge in [0.25, 0.3) is 5.91 Å². The molecule has 3 heterocycles. The molecule has 0 radical (unpaired) electrons. The topological polar surface area (TPSA) is 79.9 Å². The number of aromatic amines is 1. The molecule has 0 atom stereocenters. The molecule has 2 aromatic rings. The highest BCUT2D eigenvalue weighted by atomic mass is 16.2. The zero-order valence-corrected chi connectivity index (χ0v) is 20.1. The van der Waals surface area contributed by atoms with Crippen molar-refractivity contribution >= 4 is 11.7 Å². The summed E-state index contributed by atoms with van der Waals surface area (Å²) in [5, 5.41) is 3.36. The van der Waals surface area contributed by atoms with E-state index in [1.54, 1.807) is 6.20 Å². The standard InChI is InChI=1S/C26H37N7O/c34-26(33-16-14-32(15-17-33)23-4-2-1-3-5-23)22-8-6-21(7-9-22)18-31(19-24-27-10-11-28-24)20-25-29-12-13-30-25/h6-11,23H,1-5,12-20H2,(H,27,28)(H,29,30). The number of rotatable bonds is 8. The van der Waals surface area contributed by atoms with Crippen LogP contribution in [0.2, 0.25) is 0 Å². The molecule has 0 bridgehead atoms. The molecule has 8 nitrogen and oxygen atoms in total. The van der Waals surface area contributed by atoms with Crippen LogP contribution in [0.3, 0.4) is 0 Å². The highest BCUT2D eigenvalue weighted by Gasteiger charge is 2.27. The van der Waals surface area contributed by atoms with Crippen LogP contribution in [0.5, 0.6) is 0 Å². The number of hydrogen-bond acceptors (Lipinski definition) is 6. The second-order valence-corrected chi connectivity index (χ2v) is 9.75. The number of H-pyrrole nitrogens is 1.